The summed E-state index contributed by atoms with van der Waals surface area (Å²) in [5, 5.41) is 0. The fraction of sp³-hybridized carbons (Fsp3) is 0.833. The van der Waals surface area contributed by atoms with Crippen molar-refractivity contribution >= 4 is 11.6 Å². The third-order valence-electron chi connectivity index (χ3n) is 3.02. The van der Waals surface area contributed by atoms with Crippen molar-refractivity contribution in [3.8, 4) is 0 Å². The molecule has 0 fully saturated rings. The van der Waals surface area contributed by atoms with Gasteiger partial charge in [0.25, 0.3) is 0 Å². The highest BCUT2D eigenvalue weighted by molar-refractivity contribution is 5.85. The van der Waals surface area contributed by atoms with E-state index in [2.05, 4.69) is 0 Å². The Kier molecular flexibility index (Phi) is 5.03. The Bertz CT molecular complexity index is 216. The highest BCUT2D eigenvalue weighted by Crippen LogP contribution is 2.31. The maximum Gasteiger partial charge on any atom is 0.138 e. The zero-order valence-corrected chi connectivity index (χ0v) is 10.0. The number of hydrogen-bond donors (Lipinski definition) is 0. The molecule has 0 aromatic carbocycles. The molecule has 0 aromatic rings. The molecule has 0 aromatic heterocycles. The fourth-order valence-electron chi connectivity index (χ4n) is 1.51. The first kappa shape index (κ1) is 13.3. The van der Waals surface area contributed by atoms with Crippen LogP contribution in [-0.2, 0) is 9.59 Å². The van der Waals surface area contributed by atoms with Crippen LogP contribution in [0.5, 0.6) is 0 Å². The minimum Gasteiger partial charge on any atom is -0.300 e. The molecular formula is C12H22O2. The molecule has 14 heavy (non-hydrogen) atoms. The third-order valence-corrected chi connectivity index (χ3v) is 3.02. The molecule has 0 aliphatic heterocycles. The van der Waals surface area contributed by atoms with Crippen LogP contribution in [0.1, 0.15) is 53.9 Å². The first-order valence-corrected chi connectivity index (χ1v) is 5.35. The lowest BCUT2D eigenvalue weighted by atomic mass is 9.73. The van der Waals surface area contributed by atoms with Crippen LogP contribution in [0.2, 0.25) is 0 Å². The molecule has 1 atom stereocenters. The summed E-state index contributed by atoms with van der Waals surface area (Å²) in [6, 6.07) is 0. The topological polar surface area (TPSA) is 34.1 Å². The molecule has 0 bridgehead atoms. The second kappa shape index (κ2) is 5.28. The molecule has 0 spiro atoms. The standard InChI is InChI=1S/C12H22O2/c1-6-7-11(14)12(4,5)9(2)8-10(3)13/h9H,6-8H2,1-5H3. The average Bonchev–Trinajstić information content (AvgIpc) is 2.03. The largest absolute Gasteiger partial charge is 0.300 e. The normalized spacial score (nSPS) is 13.8. The molecule has 0 aliphatic carbocycles. The van der Waals surface area contributed by atoms with Crippen LogP contribution >= 0.6 is 0 Å². The van der Waals surface area contributed by atoms with Gasteiger partial charge in [-0.3, -0.25) is 4.79 Å². The zero-order chi connectivity index (χ0) is 11.4. The summed E-state index contributed by atoms with van der Waals surface area (Å²) in [4.78, 5) is 22.7. The smallest absolute Gasteiger partial charge is 0.138 e. The minimum atomic E-state index is -0.359. The van der Waals surface area contributed by atoms with Gasteiger partial charge in [-0.15, -0.1) is 0 Å². The van der Waals surface area contributed by atoms with Gasteiger partial charge in [-0.1, -0.05) is 27.7 Å². The predicted molar refractivity (Wildman–Crippen MR) is 58.2 cm³/mol. The van der Waals surface area contributed by atoms with E-state index in [1.165, 1.54) is 0 Å². The van der Waals surface area contributed by atoms with Crippen molar-refractivity contribution in [1.82, 2.24) is 0 Å². The summed E-state index contributed by atoms with van der Waals surface area (Å²) < 4.78 is 0. The number of carbonyl (C=O) groups excluding carboxylic acids is 2. The van der Waals surface area contributed by atoms with Crippen LogP contribution in [0, 0.1) is 11.3 Å². The van der Waals surface area contributed by atoms with Gasteiger partial charge in [0.2, 0.25) is 0 Å². The van der Waals surface area contributed by atoms with E-state index in [-0.39, 0.29) is 22.9 Å². The molecule has 0 aliphatic rings. The Morgan fingerprint density at radius 2 is 1.79 bits per heavy atom. The Balaban J connectivity index is 4.42. The Morgan fingerprint density at radius 1 is 1.29 bits per heavy atom. The van der Waals surface area contributed by atoms with Gasteiger partial charge in [0.15, 0.2) is 0 Å². The molecule has 0 rings (SSSR count). The molecule has 0 saturated carbocycles. The highest BCUT2D eigenvalue weighted by Gasteiger charge is 2.33. The Hall–Kier alpha value is -0.660. The number of Topliss-reactive ketones (excluding diaryl/α,β-unsaturated/α-hetero) is 2. The Morgan fingerprint density at radius 3 is 2.14 bits per heavy atom. The monoisotopic (exact) mass is 198 g/mol. The van der Waals surface area contributed by atoms with Gasteiger partial charge in [0.1, 0.15) is 11.6 Å². The quantitative estimate of drug-likeness (QED) is 0.657. The van der Waals surface area contributed by atoms with Gasteiger partial charge in [0, 0.05) is 18.3 Å². The molecule has 0 amide bonds. The first-order valence-electron chi connectivity index (χ1n) is 5.35. The summed E-state index contributed by atoms with van der Waals surface area (Å²) >= 11 is 0. The molecule has 82 valence electrons. The number of carbonyl (C=O) groups is 2. The second-order valence-corrected chi connectivity index (χ2v) is 4.70. The van der Waals surface area contributed by atoms with Crippen LogP contribution in [-0.4, -0.2) is 11.6 Å². The van der Waals surface area contributed by atoms with E-state index in [0.29, 0.717) is 12.8 Å². The first-order chi connectivity index (χ1) is 6.32. The van der Waals surface area contributed by atoms with E-state index in [4.69, 9.17) is 0 Å². The van der Waals surface area contributed by atoms with Crippen molar-refractivity contribution in [2.45, 2.75) is 53.9 Å². The molecule has 1 unspecified atom stereocenters. The van der Waals surface area contributed by atoms with Crippen LogP contribution in [0.25, 0.3) is 0 Å². The number of rotatable bonds is 6. The molecule has 2 heteroatoms. The second-order valence-electron chi connectivity index (χ2n) is 4.70. The summed E-state index contributed by atoms with van der Waals surface area (Å²) in [6.45, 7) is 9.45. The maximum atomic E-state index is 11.8. The van der Waals surface area contributed by atoms with Crippen molar-refractivity contribution in [1.29, 1.82) is 0 Å². The lowest BCUT2D eigenvalue weighted by Gasteiger charge is -2.29. The molecule has 0 N–H and O–H groups in total. The molecule has 0 radical (unpaired) electrons. The molecule has 2 nitrogen and oxygen atoms in total. The van der Waals surface area contributed by atoms with Gasteiger partial charge in [-0.25, -0.2) is 0 Å². The van der Waals surface area contributed by atoms with Crippen LogP contribution < -0.4 is 0 Å². The van der Waals surface area contributed by atoms with Crippen molar-refractivity contribution in [3.05, 3.63) is 0 Å². The van der Waals surface area contributed by atoms with Crippen molar-refractivity contribution in [2.75, 3.05) is 0 Å². The maximum absolute atomic E-state index is 11.8. The van der Waals surface area contributed by atoms with Crippen LogP contribution in [0.3, 0.4) is 0 Å². The minimum absolute atomic E-state index is 0.138. The summed E-state index contributed by atoms with van der Waals surface area (Å²) in [7, 11) is 0. The van der Waals surface area contributed by atoms with E-state index in [0.717, 1.165) is 6.42 Å². The number of ketones is 2. The fourth-order valence-corrected chi connectivity index (χ4v) is 1.51. The van der Waals surface area contributed by atoms with Gasteiger partial charge in [0.05, 0.1) is 0 Å². The summed E-state index contributed by atoms with van der Waals surface area (Å²) in [5.74, 6) is 0.572. The Labute approximate surface area is 87.1 Å². The van der Waals surface area contributed by atoms with Crippen molar-refractivity contribution < 1.29 is 9.59 Å². The predicted octanol–water partition coefficient (Wildman–Crippen LogP) is 3.00. The van der Waals surface area contributed by atoms with Crippen molar-refractivity contribution in [3.63, 3.8) is 0 Å². The van der Waals surface area contributed by atoms with E-state index >= 15 is 0 Å². The molecule has 0 heterocycles. The highest BCUT2D eigenvalue weighted by atomic mass is 16.1. The lowest BCUT2D eigenvalue weighted by molar-refractivity contribution is -0.130. The van der Waals surface area contributed by atoms with Gasteiger partial charge >= 0.3 is 0 Å². The van der Waals surface area contributed by atoms with Gasteiger partial charge in [-0.05, 0) is 19.3 Å². The van der Waals surface area contributed by atoms with Crippen LogP contribution in [0.4, 0.5) is 0 Å². The summed E-state index contributed by atoms with van der Waals surface area (Å²) in [6.07, 6.45) is 2.01. The van der Waals surface area contributed by atoms with Gasteiger partial charge < -0.3 is 4.79 Å². The average molecular weight is 198 g/mol. The molecule has 0 saturated heterocycles. The van der Waals surface area contributed by atoms with Crippen LogP contribution in [0.15, 0.2) is 0 Å². The number of hydrogen-bond acceptors (Lipinski definition) is 2. The van der Waals surface area contributed by atoms with Crippen molar-refractivity contribution in [2.24, 2.45) is 11.3 Å². The zero-order valence-electron chi connectivity index (χ0n) is 10.0. The van der Waals surface area contributed by atoms with E-state index in [9.17, 15) is 9.59 Å². The van der Waals surface area contributed by atoms with E-state index in [1.807, 2.05) is 27.7 Å². The third kappa shape index (κ3) is 3.60. The molecular weight excluding hydrogens is 176 g/mol. The van der Waals surface area contributed by atoms with E-state index in [1.54, 1.807) is 6.92 Å². The van der Waals surface area contributed by atoms with E-state index < -0.39 is 0 Å². The summed E-state index contributed by atoms with van der Waals surface area (Å²) in [5.41, 5.74) is -0.359. The van der Waals surface area contributed by atoms with Gasteiger partial charge in [-0.2, -0.15) is 0 Å². The SMILES string of the molecule is CCCC(=O)C(C)(C)C(C)CC(C)=O. The lowest BCUT2D eigenvalue weighted by Crippen LogP contribution is -2.32.